The number of hydrogen-bond acceptors (Lipinski definition) is 5. The van der Waals surface area contributed by atoms with Crippen LogP contribution in [0.2, 0.25) is 0 Å². The van der Waals surface area contributed by atoms with Gasteiger partial charge in [0, 0.05) is 30.7 Å². The molecule has 8 heteroatoms. The SMILES string of the molecule is O=C(Nc1cccc(CCC2NNC(=O)C3CCCCC23)c1)C1CCCN(C(=O)OCc2ccccc2)C1. The summed E-state index contributed by atoms with van der Waals surface area (Å²) in [6.45, 7) is 1.19. The molecule has 2 aromatic carbocycles. The number of nitrogens with one attached hydrogen (secondary N) is 3. The van der Waals surface area contributed by atoms with Gasteiger partial charge in [-0.25, -0.2) is 10.2 Å². The third kappa shape index (κ3) is 6.54. The zero-order chi connectivity index (χ0) is 26.3. The monoisotopic (exact) mass is 518 g/mol. The van der Waals surface area contributed by atoms with E-state index >= 15 is 0 Å². The second kappa shape index (κ2) is 12.4. The van der Waals surface area contributed by atoms with E-state index in [1.165, 1.54) is 6.42 Å². The quantitative estimate of drug-likeness (QED) is 0.504. The van der Waals surface area contributed by atoms with Gasteiger partial charge in [-0.3, -0.25) is 15.0 Å². The lowest BCUT2D eigenvalue weighted by Gasteiger charge is -2.41. The van der Waals surface area contributed by atoms with Crippen molar-refractivity contribution in [3.8, 4) is 0 Å². The van der Waals surface area contributed by atoms with Gasteiger partial charge in [-0.2, -0.15) is 0 Å². The molecule has 38 heavy (non-hydrogen) atoms. The van der Waals surface area contributed by atoms with Crippen molar-refractivity contribution in [1.29, 1.82) is 0 Å². The highest BCUT2D eigenvalue weighted by molar-refractivity contribution is 5.93. The highest BCUT2D eigenvalue weighted by atomic mass is 16.6. The molecule has 3 aliphatic rings. The van der Waals surface area contributed by atoms with Crippen LogP contribution < -0.4 is 16.2 Å². The molecule has 1 aliphatic carbocycles. The first-order valence-electron chi connectivity index (χ1n) is 14.0. The lowest BCUT2D eigenvalue weighted by molar-refractivity contribution is -0.133. The number of rotatable bonds is 7. The highest BCUT2D eigenvalue weighted by Gasteiger charge is 2.39. The Kier molecular flexibility index (Phi) is 8.58. The van der Waals surface area contributed by atoms with Crippen LogP contribution in [0.3, 0.4) is 0 Å². The van der Waals surface area contributed by atoms with Gasteiger partial charge in [-0.05, 0) is 67.7 Å². The maximum absolute atomic E-state index is 13.1. The Morgan fingerprint density at radius 1 is 0.974 bits per heavy atom. The van der Waals surface area contributed by atoms with E-state index < -0.39 is 0 Å². The van der Waals surface area contributed by atoms with Gasteiger partial charge in [0.2, 0.25) is 11.8 Å². The van der Waals surface area contributed by atoms with Crippen molar-refractivity contribution in [3.63, 3.8) is 0 Å². The Hall–Kier alpha value is -3.39. The molecule has 2 heterocycles. The minimum Gasteiger partial charge on any atom is -0.445 e. The Bertz CT molecular complexity index is 1120. The average molecular weight is 519 g/mol. The van der Waals surface area contributed by atoms with Crippen LogP contribution >= 0.6 is 0 Å². The predicted octanol–water partition coefficient (Wildman–Crippen LogP) is 4.42. The Labute approximate surface area is 224 Å². The summed E-state index contributed by atoms with van der Waals surface area (Å²) >= 11 is 0. The number of anilines is 1. The van der Waals surface area contributed by atoms with Gasteiger partial charge in [0.05, 0.1) is 5.92 Å². The fourth-order valence-electron chi connectivity index (χ4n) is 6.16. The van der Waals surface area contributed by atoms with Crippen LogP contribution in [0.25, 0.3) is 0 Å². The van der Waals surface area contributed by atoms with E-state index in [2.05, 4.69) is 22.2 Å². The van der Waals surface area contributed by atoms with Crippen LogP contribution in [0.5, 0.6) is 0 Å². The highest BCUT2D eigenvalue weighted by Crippen LogP contribution is 2.35. The molecular formula is C30H38N4O4. The fraction of sp³-hybridized carbons (Fsp3) is 0.500. The summed E-state index contributed by atoms with van der Waals surface area (Å²) in [5.41, 5.74) is 9.00. The van der Waals surface area contributed by atoms with Gasteiger partial charge in [0.1, 0.15) is 6.61 Å². The van der Waals surface area contributed by atoms with Crippen molar-refractivity contribution < 1.29 is 19.1 Å². The van der Waals surface area contributed by atoms with Gasteiger partial charge >= 0.3 is 6.09 Å². The van der Waals surface area contributed by atoms with Crippen molar-refractivity contribution in [2.75, 3.05) is 18.4 Å². The number of fused-ring (bicyclic) bond motifs is 1. The predicted molar refractivity (Wildman–Crippen MR) is 145 cm³/mol. The van der Waals surface area contributed by atoms with Gasteiger partial charge in [-0.15, -0.1) is 0 Å². The second-order valence-electron chi connectivity index (χ2n) is 10.8. The smallest absolute Gasteiger partial charge is 0.410 e. The minimum absolute atomic E-state index is 0.0654. The molecule has 0 radical (unpaired) electrons. The average Bonchev–Trinajstić information content (AvgIpc) is 2.96. The van der Waals surface area contributed by atoms with Crippen LogP contribution in [-0.2, 0) is 27.4 Å². The first-order valence-corrected chi connectivity index (χ1v) is 14.0. The third-order valence-electron chi connectivity index (χ3n) is 8.25. The number of ether oxygens (including phenoxy) is 1. The van der Waals surface area contributed by atoms with Gasteiger partial charge in [0.15, 0.2) is 0 Å². The molecule has 3 fully saturated rings. The molecule has 4 atom stereocenters. The maximum Gasteiger partial charge on any atom is 0.410 e. The van der Waals surface area contributed by atoms with E-state index in [1.54, 1.807) is 4.90 Å². The molecule has 3 N–H and O–H groups in total. The van der Waals surface area contributed by atoms with Crippen LogP contribution in [0.15, 0.2) is 54.6 Å². The summed E-state index contributed by atoms with van der Waals surface area (Å²) in [5.74, 6) is 0.334. The number of amides is 3. The Morgan fingerprint density at radius 3 is 2.66 bits per heavy atom. The van der Waals surface area contributed by atoms with Gasteiger partial charge in [0.25, 0.3) is 0 Å². The van der Waals surface area contributed by atoms with E-state index in [-0.39, 0.29) is 42.4 Å². The molecule has 8 nitrogen and oxygen atoms in total. The molecule has 202 valence electrons. The van der Waals surface area contributed by atoms with Crippen molar-refractivity contribution in [2.45, 2.75) is 64.0 Å². The lowest BCUT2D eigenvalue weighted by atomic mass is 9.72. The van der Waals surface area contributed by atoms with Crippen molar-refractivity contribution in [2.24, 2.45) is 17.8 Å². The van der Waals surface area contributed by atoms with E-state index in [1.807, 2.05) is 48.5 Å². The van der Waals surface area contributed by atoms with Gasteiger partial charge < -0.3 is 15.0 Å². The van der Waals surface area contributed by atoms with Crippen LogP contribution in [-0.4, -0.2) is 41.9 Å². The third-order valence-corrected chi connectivity index (χ3v) is 8.25. The summed E-state index contributed by atoms with van der Waals surface area (Å²) in [6, 6.07) is 17.9. The first kappa shape index (κ1) is 26.2. The van der Waals surface area contributed by atoms with E-state index in [0.29, 0.717) is 19.0 Å². The lowest BCUT2D eigenvalue weighted by Crippen LogP contribution is -2.59. The molecule has 2 aromatic rings. The molecule has 0 spiro atoms. The molecule has 3 amide bonds. The Morgan fingerprint density at radius 2 is 1.79 bits per heavy atom. The van der Waals surface area contributed by atoms with E-state index in [0.717, 1.165) is 61.8 Å². The normalized spacial score (nSPS) is 25.2. The number of piperidine rings is 1. The zero-order valence-electron chi connectivity index (χ0n) is 21.9. The summed E-state index contributed by atoms with van der Waals surface area (Å²) in [6.07, 6.45) is 7.35. The number of carbonyl (C=O) groups excluding carboxylic acids is 3. The molecule has 2 saturated heterocycles. The van der Waals surface area contributed by atoms with E-state index in [9.17, 15) is 14.4 Å². The molecule has 0 bridgehead atoms. The number of nitrogens with zero attached hydrogens (tertiary/aromatic N) is 1. The van der Waals surface area contributed by atoms with Crippen LogP contribution in [0.4, 0.5) is 10.5 Å². The zero-order valence-corrected chi connectivity index (χ0v) is 21.9. The second-order valence-corrected chi connectivity index (χ2v) is 10.8. The van der Waals surface area contributed by atoms with E-state index in [4.69, 9.17) is 4.74 Å². The van der Waals surface area contributed by atoms with Crippen LogP contribution in [0, 0.1) is 17.8 Å². The molecular weight excluding hydrogens is 480 g/mol. The van der Waals surface area contributed by atoms with Crippen LogP contribution in [0.1, 0.15) is 56.1 Å². The number of carbonyl (C=O) groups is 3. The summed E-state index contributed by atoms with van der Waals surface area (Å²) in [5, 5.41) is 3.07. The number of benzene rings is 2. The molecule has 2 aliphatic heterocycles. The van der Waals surface area contributed by atoms with Crippen molar-refractivity contribution >= 4 is 23.6 Å². The molecule has 5 rings (SSSR count). The standard InChI is InChI=1S/C30H38N4O4/c35-28(23-11-7-17-34(19-23)30(37)38-20-22-8-2-1-3-9-22)31-24-12-6-10-21(18-24)15-16-27-25-13-4-5-14-26(25)29(36)33-32-27/h1-3,6,8-10,12,18,23,25-27,32H,4-5,7,11,13-17,19-20H2,(H,31,35)(H,33,36). The fourth-order valence-corrected chi connectivity index (χ4v) is 6.16. The summed E-state index contributed by atoms with van der Waals surface area (Å²) in [4.78, 5) is 39.5. The number of hydrogen-bond donors (Lipinski definition) is 3. The maximum atomic E-state index is 13.1. The number of likely N-dealkylation sites (tertiary alicyclic amines) is 1. The number of hydrazine groups is 1. The largest absolute Gasteiger partial charge is 0.445 e. The molecule has 1 saturated carbocycles. The topological polar surface area (TPSA) is 99.8 Å². The summed E-state index contributed by atoms with van der Waals surface area (Å²) in [7, 11) is 0. The van der Waals surface area contributed by atoms with Crippen molar-refractivity contribution in [3.05, 3.63) is 65.7 Å². The molecule has 4 unspecified atom stereocenters. The van der Waals surface area contributed by atoms with Gasteiger partial charge in [-0.1, -0.05) is 55.3 Å². The number of aryl methyl sites for hydroxylation is 1. The molecule has 0 aromatic heterocycles. The first-order chi connectivity index (χ1) is 18.6. The minimum atomic E-state index is -0.374. The van der Waals surface area contributed by atoms with Crippen molar-refractivity contribution in [1.82, 2.24) is 15.8 Å². The summed E-state index contributed by atoms with van der Waals surface area (Å²) < 4.78 is 5.47. The Balaban J connectivity index is 1.11.